The van der Waals surface area contributed by atoms with Gasteiger partial charge in [0.1, 0.15) is 44.5 Å². The fourth-order valence-electron chi connectivity index (χ4n) is 3.08. The number of carbonyl (C=O) groups is 4. The van der Waals surface area contributed by atoms with Crippen LogP contribution in [-0.2, 0) is 38.0 Å². The van der Waals surface area contributed by atoms with E-state index in [-0.39, 0.29) is 28.9 Å². The van der Waals surface area contributed by atoms with E-state index < -0.39 is 82.9 Å². The molecule has 0 amide bonds. The average molecular weight is 658 g/mol. The molecule has 19 heteroatoms. The Morgan fingerprint density at radius 1 is 0.667 bits per heavy atom. The van der Waals surface area contributed by atoms with E-state index in [4.69, 9.17) is 19.3 Å². The third-order valence-electron chi connectivity index (χ3n) is 4.82. The van der Waals surface area contributed by atoms with E-state index in [1.165, 1.54) is 42.5 Å². The number of halogens is 6. The van der Waals surface area contributed by atoms with E-state index in [0.717, 1.165) is 6.07 Å². The highest BCUT2D eigenvalue weighted by molar-refractivity contribution is 6.02. The molecule has 2 rings (SSSR count). The molecule has 0 aromatic heterocycles. The third kappa shape index (κ3) is 13.5. The summed E-state index contributed by atoms with van der Waals surface area (Å²) >= 11 is 0. The lowest BCUT2D eigenvalue weighted by molar-refractivity contribution is -0.518. The van der Waals surface area contributed by atoms with Gasteiger partial charge in [0.05, 0.1) is 24.3 Å². The van der Waals surface area contributed by atoms with Crippen LogP contribution in [0.5, 0.6) is 5.75 Å². The van der Waals surface area contributed by atoms with Crippen LogP contribution in [0.15, 0.2) is 48.5 Å². The molecule has 2 aromatic rings. The fourth-order valence-corrected chi connectivity index (χ4v) is 3.08. The van der Waals surface area contributed by atoms with Crippen LogP contribution < -0.4 is 4.74 Å². The van der Waals surface area contributed by atoms with Crippen molar-refractivity contribution >= 4 is 24.4 Å². The second kappa shape index (κ2) is 17.3. The molecule has 0 aliphatic carbocycles. The summed E-state index contributed by atoms with van der Waals surface area (Å²) in [5, 5.41) is 9.05. The van der Waals surface area contributed by atoms with Crippen molar-refractivity contribution in [1.29, 1.82) is 0 Å². The minimum atomic E-state index is -5.53. The molecule has 13 nitrogen and oxygen atoms in total. The molecule has 0 saturated heterocycles. The number of carboxylic acid groups (broad SMARTS) is 1. The molecule has 0 saturated carbocycles. The predicted molar refractivity (Wildman–Crippen MR) is 132 cm³/mol. The molecule has 0 aliphatic rings. The van der Waals surface area contributed by atoms with Crippen LogP contribution in [0.1, 0.15) is 31.1 Å². The Morgan fingerprint density at radius 2 is 1.16 bits per heavy atom. The van der Waals surface area contributed by atoms with E-state index in [2.05, 4.69) is 23.7 Å². The van der Waals surface area contributed by atoms with Gasteiger partial charge in [-0.05, 0) is 24.3 Å². The van der Waals surface area contributed by atoms with Crippen molar-refractivity contribution in [3.8, 4) is 5.75 Å². The van der Waals surface area contributed by atoms with Gasteiger partial charge in [0.15, 0.2) is 0 Å². The Balaban J connectivity index is 1.65. The maximum atomic E-state index is 13.7. The SMILES string of the molecule is O=COc1ccccc1C(=O)OCCOCC(F)(F)OC(F)(F)OC(F)(F)COCOCCOC(=O)c1ccccc1C(=O)O. The summed E-state index contributed by atoms with van der Waals surface area (Å²) in [7, 11) is 0. The van der Waals surface area contributed by atoms with Crippen molar-refractivity contribution in [3.05, 3.63) is 65.2 Å². The van der Waals surface area contributed by atoms with Crippen LogP contribution in [0.2, 0.25) is 0 Å². The van der Waals surface area contributed by atoms with Crippen molar-refractivity contribution in [2.75, 3.05) is 46.4 Å². The second-order valence-corrected chi connectivity index (χ2v) is 8.20. The maximum Gasteiger partial charge on any atom is 0.495 e. The van der Waals surface area contributed by atoms with E-state index in [0.29, 0.717) is 0 Å². The molecule has 1 N–H and O–H groups in total. The molecule has 0 atom stereocenters. The van der Waals surface area contributed by atoms with E-state index in [9.17, 15) is 45.5 Å². The summed E-state index contributed by atoms with van der Waals surface area (Å²) in [6, 6.07) is 10.5. The lowest BCUT2D eigenvalue weighted by atomic mass is 10.1. The van der Waals surface area contributed by atoms with Crippen LogP contribution in [-0.4, -0.2) is 94.4 Å². The van der Waals surface area contributed by atoms with Gasteiger partial charge in [-0.15, -0.1) is 8.78 Å². The first-order chi connectivity index (χ1) is 21.2. The average Bonchev–Trinajstić information content (AvgIpc) is 2.95. The predicted octanol–water partition coefficient (Wildman–Crippen LogP) is 3.71. The first kappa shape index (κ1) is 36.9. The van der Waals surface area contributed by atoms with Gasteiger partial charge < -0.3 is 33.5 Å². The van der Waals surface area contributed by atoms with Crippen LogP contribution in [0.25, 0.3) is 0 Å². The smallest absolute Gasteiger partial charge is 0.478 e. The van der Waals surface area contributed by atoms with Gasteiger partial charge in [-0.3, -0.25) is 4.79 Å². The van der Waals surface area contributed by atoms with Gasteiger partial charge in [0.2, 0.25) is 0 Å². The van der Waals surface area contributed by atoms with Crippen molar-refractivity contribution in [2.24, 2.45) is 0 Å². The van der Waals surface area contributed by atoms with Gasteiger partial charge in [0.25, 0.3) is 6.47 Å². The number of carboxylic acids is 1. The van der Waals surface area contributed by atoms with Gasteiger partial charge >= 0.3 is 36.4 Å². The summed E-state index contributed by atoms with van der Waals surface area (Å²) in [5.74, 6) is -3.59. The highest BCUT2D eigenvalue weighted by Gasteiger charge is 2.52. The highest BCUT2D eigenvalue weighted by atomic mass is 19.3. The number of aromatic carboxylic acids is 1. The Bertz CT molecular complexity index is 1290. The summed E-state index contributed by atoms with van der Waals surface area (Å²) in [4.78, 5) is 45.5. The number of alkyl halides is 6. The Kier molecular flexibility index (Phi) is 14.1. The number of hydrogen-bond acceptors (Lipinski definition) is 12. The minimum absolute atomic E-state index is 0.0493. The van der Waals surface area contributed by atoms with Crippen molar-refractivity contribution < 1.29 is 88.5 Å². The van der Waals surface area contributed by atoms with Gasteiger partial charge in [0, 0.05) is 0 Å². The summed E-state index contributed by atoms with van der Waals surface area (Å²) in [6.07, 6.45) is -15.2. The van der Waals surface area contributed by atoms with Crippen molar-refractivity contribution in [2.45, 2.75) is 18.5 Å². The number of ether oxygens (including phenoxy) is 8. The largest absolute Gasteiger partial charge is 0.495 e. The summed E-state index contributed by atoms with van der Waals surface area (Å²) < 4.78 is 116. The molecule has 0 bridgehead atoms. The summed E-state index contributed by atoms with van der Waals surface area (Å²) in [6.45, 7) is -7.02. The number of hydrogen-bond donors (Lipinski definition) is 1. The molecular weight excluding hydrogens is 634 g/mol. The first-order valence-electron chi connectivity index (χ1n) is 12.3. The highest BCUT2D eigenvalue weighted by Crippen LogP contribution is 2.33. The fraction of sp³-hybridized carbons (Fsp3) is 0.385. The number of rotatable bonds is 21. The zero-order valence-electron chi connectivity index (χ0n) is 22.8. The molecule has 248 valence electrons. The molecule has 0 fully saturated rings. The topological polar surface area (TPSA) is 162 Å². The van der Waals surface area contributed by atoms with E-state index >= 15 is 0 Å². The zero-order valence-corrected chi connectivity index (χ0v) is 22.8. The first-order valence-corrected chi connectivity index (χ1v) is 12.3. The Hall–Kier alpha value is -4.30. The normalized spacial score (nSPS) is 12.0. The minimum Gasteiger partial charge on any atom is -0.478 e. The number of benzene rings is 2. The number of esters is 2. The number of carbonyl (C=O) groups excluding carboxylic acids is 3. The summed E-state index contributed by atoms with van der Waals surface area (Å²) in [5.41, 5.74) is -0.775. The molecule has 0 radical (unpaired) electrons. The number of para-hydroxylation sites is 1. The lowest BCUT2D eigenvalue weighted by Crippen LogP contribution is -2.44. The van der Waals surface area contributed by atoms with Crippen LogP contribution in [0.3, 0.4) is 0 Å². The maximum absolute atomic E-state index is 13.7. The quantitative estimate of drug-likeness (QED) is 0.0680. The van der Waals surface area contributed by atoms with Crippen molar-refractivity contribution in [1.82, 2.24) is 0 Å². The van der Waals surface area contributed by atoms with Gasteiger partial charge in [-0.1, -0.05) is 24.3 Å². The Labute approximate surface area is 249 Å². The molecule has 0 heterocycles. The van der Waals surface area contributed by atoms with Crippen molar-refractivity contribution in [3.63, 3.8) is 0 Å². The van der Waals surface area contributed by atoms with Crippen LogP contribution in [0.4, 0.5) is 26.3 Å². The van der Waals surface area contributed by atoms with Gasteiger partial charge in [-0.2, -0.15) is 17.6 Å². The standard InChI is InChI=1S/C26H24F6O13/c27-24(28,13-38-9-11-42-23(37)19-7-3-4-8-20(19)43-15-33)44-26(31,32)45-25(29,30)14-40-16-39-10-12-41-22(36)18-6-2-1-5-17(18)21(34)35/h1-8,15H,9-14,16H2,(H,34,35). The lowest BCUT2D eigenvalue weighted by Gasteiger charge is -2.26. The second-order valence-electron chi connectivity index (χ2n) is 8.20. The molecule has 45 heavy (non-hydrogen) atoms. The molecular formula is C26H24F6O13. The Morgan fingerprint density at radius 3 is 1.73 bits per heavy atom. The molecule has 0 unspecified atom stereocenters. The van der Waals surface area contributed by atoms with E-state index in [1.54, 1.807) is 0 Å². The zero-order chi connectivity index (χ0) is 33.5. The molecule has 0 aliphatic heterocycles. The van der Waals surface area contributed by atoms with Gasteiger partial charge in [-0.25, -0.2) is 23.9 Å². The molecule has 2 aromatic carbocycles. The van der Waals surface area contributed by atoms with Crippen LogP contribution in [0, 0.1) is 0 Å². The monoisotopic (exact) mass is 658 g/mol. The third-order valence-corrected chi connectivity index (χ3v) is 4.82. The van der Waals surface area contributed by atoms with Crippen LogP contribution >= 0.6 is 0 Å². The molecule has 0 spiro atoms. The van der Waals surface area contributed by atoms with E-state index in [1.807, 2.05) is 0 Å².